The Labute approximate surface area is 171 Å². The highest BCUT2D eigenvalue weighted by Gasteiger charge is 2.24. The van der Waals surface area contributed by atoms with Crippen molar-refractivity contribution in [3.05, 3.63) is 41.5 Å². The molecular weight excluding hydrogens is 402 g/mol. The van der Waals surface area contributed by atoms with Gasteiger partial charge in [-0.2, -0.15) is 4.98 Å². The smallest absolute Gasteiger partial charge is 0.250 e. The summed E-state index contributed by atoms with van der Waals surface area (Å²) in [5.74, 6) is 1.08. The number of likely N-dealkylation sites (N-methyl/N-ethyl adjacent to an activating group) is 1. The van der Waals surface area contributed by atoms with Crippen molar-refractivity contribution in [2.24, 2.45) is 0 Å². The van der Waals surface area contributed by atoms with Crippen LogP contribution in [0, 0.1) is 0 Å². The summed E-state index contributed by atoms with van der Waals surface area (Å²) >= 11 is 0. The Hall–Kier alpha value is -1.78. The van der Waals surface area contributed by atoms with Gasteiger partial charge < -0.3 is 9.84 Å². The van der Waals surface area contributed by atoms with E-state index in [1.807, 2.05) is 13.1 Å². The predicted molar refractivity (Wildman–Crippen MR) is 111 cm³/mol. The van der Waals surface area contributed by atoms with Crippen LogP contribution in [-0.4, -0.2) is 56.2 Å². The molecule has 0 saturated carbocycles. The van der Waals surface area contributed by atoms with Gasteiger partial charge in [0.05, 0.1) is 10.9 Å². The highest BCUT2D eigenvalue weighted by Crippen LogP contribution is 2.18. The van der Waals surface area contributed by atoms with Crippen LogP contribution in [0.15, 0.2) is 33.7 Å². The van der Waals surface area contributed by atoms with Crippen LogP contribution in [-0.2, 0) is 10.0 Å². The van der Waals surface area contributed by atoms with Gasteiger partial charge in [0.25, 0.3) is 5.89 Å². The molecule has 0 radical (unpaired) electrons. The van der Waals surface area contributed by atoms with Crippen molar-refractivity contribution in [2.75, 3.05) is 26.7 Å². The van der Waals surface area contributed by atoms with Crippen molar-refractivity contribution in [1.29, 1.82) is 0 Å². The maximum atomic E-state index is 12.1. The lowest BCUT2D eigenvalue weighted by molar-refractivity contribution is 0.190. The van der Waals surface area contributed by atoms with E-state index in [4.69, 9.17) is 4.52 Å². The molecule has 0 spiro atoms. The second-order valence-electron chi connectivity index (χ2n) is 6.87. The van der Waals surface area contributed by atoms with Crippen molar-refractivity contribution in [1.82, 2.24) is 25.1 Å². The van der Waals surface area contributed by atoms with Gasteiger partial charge in [-0.15, -0.1) is 12.4 Å². The molecule has 2 aromatic rings. The summed E-state index contributed by atoms with van der Waals surface area (Å²) in [5.41, 5.74) is 0.842. The molecule has 1 aromatic heterocycles. The molecule has 28 heavy (non-hydrogen) atoms. The molecule has 1 saturated heterocycles. The van der Waals surface area contributed by atoms with Gasteiger partial charge in [0.1, 0.15) is 0 Å². The summed E-state index contributed by atoms with van der Waals surface area (Å²) in [6.07, 6.45) is 3.54. The number of hydrogen-bond donors (Lipinski definition) is 2. The molecule has 2 N–H and O–H groups in total. The Morgan fingerprint density at radius 2 is 2.00 bits per heavy atom. The Morgan fingerprint density at radius 1 is 1.29 bits per heavy atom. The van der Waals surface area contributed by atoms with E-state index in [1.54, 1.807) is 44.2 Å². The zero-order valence-corrected chi connectivity index (χ0v) is 17.8. The van der Waals surface area contributed by atoms with Crippen LogP contribution in [0.5, 0.6) is 0 Å². The van der Waals surface area contributed by atoms with Gasteiger partial charge in [-0.05, 0) is 44.7 Å². The first-order valence-corrected chi connectivity index (χ1v) is 10.4. The van der Waals surface area contributed by atoms with Crippen molar-refractivity contribution >= 4 is 34.6 Å². The van der Waals surface area contributed by atoms with Crippen LogP contribution >= 0.6 is 12.4 Å². The lowest BCUT2D eigenvalue weighted by atomic mass is 10.2. The number of sulfonamides is 1. The molecule has 0 amide bonds. The molecule has 10 heteroatoms. The van der Waals surface area contributed by atoms with Gasteiger partial charge in [0.15, 0.2) is 5.82 Å². The van der Waals surface area contributed by atoms with E-state index in [9.17, 15) is 8.42 Å². The van der Waals surface area contributed by atoms with Crippen LogP contribution < -0.4 is 10.0 Å². The summed E-state index contributed by atoms with van der Waals surface area (Å²) in [5, 5.41) is 7.39. The number of halogens is 1. The number of rotatable bonds is 6. The minimum absolute atomic E-state index is 0. The van der Waals surface area contributed by atoms with Gasteiger partial charge in [0.2, 0.25) is 10.0 Å². The van der Waals surface area contributed by atoms with Crippen LogP contribution in [0.2, 0.25) is 0 Å². The summed E-state index contributed by atoms with van der Waals surface area (Å²) in [4.78, 5) is 6.87. The van der Waals surface area contributed by atoms with Crippen LogP contribution in [0.25, 0.3) is 12.2 Å². The number of aromatic nitrogens is 2. The summed E-state index contributed by atoms with van der Waals surface area (Å²) in [6, 6.07) is 6.57. The first-order valence-electron chi connectivity index (χ1n) is 8.90. The minimum Gasteiger partial charge on any atom is -0.335 e. The molecule has 154 valence electrons. The molecule has 8 nitrogen and oxygen atoms in total. The first-order chi connectivity index (χ1) is 12.8. The Kier molecular flexibility index (Phi) is 7.73. The standard InChI is InChI=1S/C18H25N5O3S.ClH/c1-13(2)22-27(24,25)15-7-4-14(5-8-15)6-9-17-20-18(21-26-17)16-12-19-10-11-23(16)3;/h4-9,13,16,19,22H,10-12H2,1-3H3;1H/b9-6+;. The molecule has 0 bridgehead atoms. The van der Waals surface area contributed by atoms with E-state index in [2.05, 4.69) is 25.1 Å². The molecule has 2 heterocycles. The van der Waals surface area contributed by atoms with Crippen LogP contribution in [0.1, 0.15) is 37.2 Å². The molecule has 1 fully saturated rings. The van der Waals surface area contributed by atoms with Crippen molar-refractivity contribution in [3.63, 3.8) is 0 Å². The minimum atomic E-state index is -3.48. The number of nitrogens with zero attached hydrogens (tertiary/aromatic N) is 3. The van der Waals surface area contributed by atoms with E-state index in [-0.39, 0.29) is 29.4 Å². The number of hydrogen-bond acceptors (Lipinski definition) is 7. The lowest BCUT2D eigenvalue weighted by Gasteiger charge is -2.30. The fourth-order valence-electron chi connectivity index (χ4n) is 2.85. The molecule has 1 unspecified atom stereocenters. The van der Waals surface area contributed by atoms with E-state index in [0.29, 0.717) is 11.7 Å². The molecule has 1 aliphatic rings. The van der Waals surface area contributed by atoms with Crippen LogP contribution in [0.4, 0.5) is 0 Å². The van der Waals surface area contributed by atoms with E-state index in [1.165, 1.54) is 0 Å². The zero-order chi connectivity index (χ0) is 19.4. The lowest BCUT2D eigenvalue weighted by Crippen LogP contribution is -2.44. The maximum absolute atomic E-state index is 12.1. The van der Waals surface area contributed by atoms with Crippen molar-refractivity contribution in [2.45, 2.75) is 30.8 Å². The third-order valence-corrected chi connectivity index (χ3v) is 5.94. The van der Waals surface area contributed by atoms with Gasteiger partial charge in [-0.1, -0.05) is 17.3 Å². The monoisotopic (exact) mass is 427 g/mol. The molecule has 1 aromatic carbocycles. The highest BCUT2D eigenvalue weighted by atomic mass is 35.5. The summed E-state index contributed by atoms with van der Waals surface area (Å²) in [6.45, 7) is 6.25. The third kappa shape index (κ3) is 5.62. The van der Waals surface area contributed by atoms with Crippen molar-refractivity contribution in [3.8, 4) is 0 Å². The quantitative estimate of drug-likeness (QED) is 0.726. The average Bonchev–Trinajstić information content (AvgIpc) is 3.08. The highest BCUT2D eigenvalue weighted by molar-refractivity contribution is 7.89. The van der Waals surface area contributed by atoms with Crippen LogP contribution in [0.3, 0.4) is 0 Å². The fourth-order valence-corrected chi connectivity index (χ4v) is 4.10. The van der Waals surface area contributed by atoms with Gasteiger partial charge in [0, 0.05) is 31.8 Å². The second kappa shape index (κ2) is 9.62. The normalized spacial score (nSPS) is 18.5. The first kappa shape index (κ1) is 22.5. The molecule has 1 atom stereocenters. The number of benzene rings is 1. The van der Waals surface area contributed by atoms with E-state index < -0.39 is 10.0 Å². The third-order valence-electron chi connectivity index (χ3n) is 4.27. The Balaban J connectivity index is 0.00000280. The van der Waals surface area contributed by atoms with Crippen molar-refractivity contribution < 1.29 is 12.9 Å². The fraction of sp³-hybridized carbons (Fsp3) is 0.444. The van der Waals surface area contributed by atoms with E-state index >= 15 is 0 Å². The van der Waals surface area contributed by atoms with Gasteiger partial charge >= 0.3 is 0 Å². The largest absolute Gasteiger partial charge is 0.335 e. The molecule has 1 aliphatic heterocycles. The van der Waals surface area contributed by atoms with Gasteiger partial charge in [-0.3, -0.25) is 4.90 Å². The Bertz CT molecular complexity index is 896. The average molecular weight is 428 g/mol. The molecule has 0 aliphatic carbocycles. The second-order valence-corrected chi connectivity index (χ2v) is 8.58. The summed E-state index contributed by atoms with van der Waals surface area (Å²) < 4.78 is 32.1. The maximum Gasteiger partial charge on any atom is 0.250 e. The number of piperazine rings is 1. The molecule has 3 rings (SSSR count). The summed E-state index contributed by atoms with van der Waals surface area (Å²) in [7, 11) is -1.44. The topological polar surface area (TPSA) is 100 Å². The Morgan fingerprint density at radius 3 is 2.64 bits per heavy atom. The SMILES string of the molecule is CC(C)NS(=O)(=O)c1ccc(/C=C/c2nc(C3CNCCN3C)no2)cc1.Cl. The molecular formula is C18H26ClN5O3S. The number of nitrogens with one attached hydrogen (secondary N) is 2. The predicted octanol–water partition coefficient (Wildman–Crippen LogP) is 1.92. The van der Waals surface area contributed by atoms with E-state index in [0.717, 1.165) is 25.2 Å². The zero-order valence-electron chi connectivity index (χ0n) is 16.1. The van der Waals surface area contributed by atoms with Gasteiger partial charge in [-0.25, -0.2) is 13.1 Å².